The maximum absolute atomic E-state index is 11.7. The second kappa shape index (κ2) is 6.82. The quantitative estimate of drug-likeness (QED) is 0.566. The second-order valence-electron chi connectivity index (χ2n) is 6.78. The SMILES string of the molecule is CC(C)(O)CNc1ccc(NC(=O)OC(C)(C)C)cc1[N+](=O)[O-]. The minimum atomic E-state index is -1.01. The van der Waals surface area contributed by atoms with Crippen LogP contribution in [-0.2, 0) is 4.74 Å². The van der Waals surface area contributed by atoms with Crippen LogP contribution in [0.4, 0.5) is 21.9 Å². The van der Waals surface area contributed by atoms with Crippen LogP contribution in [0.25, 0.3) is 0 Å². The first-order chi connectivity index (χ1) is 10.4. The number of amides is 1. The largest absolute Gasteiger partial charge is 0.444 e. The minimum Gasteiger partial charge on any atom is -0.444 e. The first-order valence-electron chi connectivity index (χ1n) is 7.12. The molecule has 3 N–H and O–H groups in total. The van der Waals surface area contributed by atoms with E-state index in [2.05, 4.69) is 10.6 Å². The molecule has 0 heterocycles. The highest BCUT2D eigenvalue weighted by Gasteiger charge is 2.20. The smallest absolute Gasteiger partial charge is 0.412 e. The van der Waals surface area contributed by atoms with Crippen molar-refractivity contribution in [2.45, 2.75) is 45.8 Å². The highest BCUT2D eigenvalue weighted by molar-refractivity contribution is 5.86. The Balaban J connectivity index is 2.91. The third-order valence-corrected chi connectivity index (χ3v) is 2.55. The van der Waals surface area contributed by atoms with Crippen LogP contribution in [0.2, 0.25) is 0 Å². The molecule has 8 nitrogen and oxygen atoms in total. The summed E-state index contributed by atoms with van der Waals surface area (Å²) in [6.07, 6.45) is -0.691. The maximum atomic E-state index is 11.7. The normalized spacial score (nSPS) is 11.7. The van der Waals surface area contributed by atoms with Crippen molar-refractivity contribution in [3.05, 3.63) is 28.3 Å². The molecule has 23 heavy (non-hydrogen) atoms. The van der Waals surface area contributed by atoms with Crippen molar-refractivity contribution in [2.24, 2.45) is 0 Å². The molecule has 1 rings (SSSR count). The lowest BCUT2D eigenvalue weighted by Gasteiger charge is -2.20. The van der Waals surface area contributed by atoms with Gasteiger partial charge in [0.1, 0.15) is 11.3 Å². The molecule has 0 spiro atoms. The van der Waals surface area contributed by atoms with E-state index in [1.165, 1.54) is 18.2 Å². The number of hydrogen-bond acceptors (Lipinski definition) is 6. The number of aliphatic hydroxyl groups is 1. The number of nitro groups is 1. The Kier molecular flexibility index (Phi) is 5.55. The highest BCUT2D eigenvalue weighted by Crippen LogP contribution is 2.28. The molecular formula is C15H23N3O5. The lowest BCUT2D eigenvalue weighted by molar-refractivity contribution is -0.383. The van der Waals surface area contributed by atoms with Crippen molar-refractivity contribution in [3.8, 4) is 0 Å². The number of benzene rings is 1. The van der Waals surface area contributed by atoms with Crippen LogP contribution < -0.4 is 10.6 Å². The Bertz CT molecular complexity index is 588. The van der Waals surface area contributed by atoms with Gasteiger partial charge in [-0.25, -0.2) is 4.79 Å². The van der Waals surface area contributed by atoms with Crippen molar-refractivity contribution in [2.75, 3.05) is 17.2 Å². The van der Waals surface area contributed by atoms with Gasteiger partial charge in [0.05, 0.1) is 16.2 Å². The molecule has 0 radical (unpaired) electrons. The lowest BCUT2D eigenvalue weighted by atomic mass is 10.1. The van der Waals surface area contributed by atoms with E-state index in [4.69, 9.17) is 4.74 Å². The van der Waals surface area contributed by atoms with Crippen LogP contribution in [0.1, 0.15) is 34.6 Å². The van der Waals surface area contributed by atoms with Gasteiger partial charge in [-0.3, -0.25) is 15.4 Å². The van der Waals surface area contributed by atoms with Gasteiger partial charge in [0.2, 0.25) is 0 Å². The molecule has 0 bridgehead atoms. The summed E-state index contributed by atoms with van der Waals surface area (Å²) in [5, 5.41) is 26.1. The van der Waals surface area contributed by atoms with Gasteiger partial charge >= 0.3 is 6.09 Å². The van der Waals surface area contributed by atoms with Crippen molar-refractivity contribution in [1.82, 2.24) is 0 Å². The minimum absolute atomic E-state index is 0.146. The van der Waals surface area contributed by atoms with Gasteiger partial charge in [-0.15, -0.1) is 0 Å². The molecule has 128 valence electrons. The van der Waals surface area contributed by atoms with Gasteiger partial charge in [0.15, 0.2) is 0 Å². The van der Waals surface area contributed by atoms with Crippen LogP contribution in [-0.4, -0.2) is 33.9 Å². The average molecular weight is 325 g/mol. The molecule has 1 aromatic rings. The van der Waals surface area contributed by atoms with Gasteiger partial charge in [-0.2, -0.15) is 0 Å². The van der Waals surface area contributed by atoms with Gasteiger partial charge in [0, 0.05) is 12.6 Å². The zero-order valence-electron chi connectivity index (χ0n) is 14.0. The van der Waals surface area contributed by atoms with Crippen LogP contribution in [0.15, 0.2) is 18.2 Å². The summed E-state index contributed by atoms with van der Waals surface area (Å²) < 4.78 is 5.10. The van der Waals surface area contributed by atoms with Crippen molar-refractivity contribution in [1.29, 1.82) is 0 Å². The molecule has 1 aromatic carbocycles. The number of carbonyl (C=O) groups is 1. The molecule has 8 heteroatoms. The number of rotatable bonds is 5. The molecule has 0 aliphatic heterocycles. The molecular weight excluding hydrogens is 302 g/mol. The number of nitrogens with one attached hydrogen (secondary N) is 2. The van der Waals surface area contributed by atoms with Gasteiger partial charge in [-0.1, -0.05) is 0 Å². The number of carbonyl (C=O) groups excluding carboxylic acids is 1. The molecule has 0 fully saturated rings. The third-order valence-electron chi connectivity index (χ3n) is 2.55. The Morgan fingerprint density at radius 2 is 1.91 bits per heavy atom. The van der Waals surface area contributed by atoms with Gasteiger partial charge in [-0.05, 0) is 46.8 Å². The van der Waals surface area contributed by atoms with E-state index < -0.39 is 22.2 Å². The molecule has 0 aliphatic carbocycles. The van der Waals surface area contributed by atoms with Crippen LogP contribution in [0, 0.1) is 10.1 Å². The zero-order valence-corrected chi connectivity index (χ0v) is 14.0. The topological polar surface area (TPSA) is 114 Å². The van der Waals surface area contributed by atoms with E-state index in [0.717, 1.165) is 0 Å². The third kappa shape index (κ3) is 6.96. The summed E-state index contributed by atoms with van der Waals surface area (Å²) in [5.41, 5.74) is -1.37. The van der Waals surface area contributed by atoms with E-state index in [-0.39, 0.29) is 23.6 Å². The molecule has 0 atom stereocenters. The summed E-state index contributed by atoms with van der Waals surface area (Å²) in [6, 6.07) is 4.22. The number of nitro benzene ring substituents is 1. The summed E-state index contributed by atoms with van der Waals surface area (Å²) in [4.78, 5) is 22.3. The van der Waals surface area contributed by atoms with E-state index in [0.29, 0.717) is 0 Å². The fraction of sp³-hybridized carbons (Fsp3) is 0.533. The number of hydrogen-bond donors (Lipinski definition) is 3. The van der Waals surface area contributed by atoms with Crippen LogP contribution in [0.3, 0.4) is 0 Å². The van der Waals surface area contributed by atoms with E-state index in [9.17, 15) is 20.0 Å². The number of anilines is 2. The Hall–Kier alpha value is -2.35. The number of ether oxygens (including phenoxy) is 1. The standard InChI is InChI=1S/C15H23N3O5/c1-14(2,3)23-13(19)17-10-6-7-11(12(8-10)18(21)22)16-9-15(4,5)20/h6-8,16,20H,9H2,1-5H3,(H,17,19). The van der Waals surface area contributed by atoms with Gasteiger partial charge < -0.3 is 15.2 Å². The Labute approximate surface area is 135 Å². The summed E-state index contributed by atoms with van der Waals surface area (Å²) in [6.45, 7) is 8.48. The molecule has 0 aromatic heterocycles. The highest BCUT2D eigenvalue weighted by atomic mass is 16.6. The molecule has 0 unspecified atom stereocenters. The zero-order chi connectivity index (χ0) is 17.8. The first kappa shape index (κ1) is 18.7. The fourth-order valence-corrected chi connectivity index (χ4v) is 1.64. The van der Waals surface area contributed by atoms with E-state index >= 15 is 0 Å². The maximum Gasteiger partial charge on any atom is 0.412 e. The Morgan fingerprint density at radius 3 is 2.39 bits per heavy atom. The van der Waals surface area contributed by atoms with Crippen molar-refractivity contribution >= 4 is 23.2 Å². The van der Waals surface area contributed by atoms with Gasteiger partial charge in [0.25, 0.3) is 5.69 Å². The summed E-state index contributed by atoms with van der Waals surface area (Å²) in [5.74, 6) is 0. The van der Waals surface area contributed by atoms with Crippen LogP contribution in [0.5, 0.6) is 0 Å². The average Bonchev–Trinajstić information content (AvgIpc) is 2.33. The Morgan fingerprint density at radius 1 is 1.30 bits per heavy atom. The van der Waals surface area contributed by atoms with Crippen molar-refractivity contribution < 1.29 is 19.6 Å². The molecule has 1 amide bonds. The predicted molar refractivity (Wildman–Crippen MR) is 87.7 cm³/mol. The fourth-order valence-electron chi connectivity index (χ4n) is 1.64. The van der Waals surface area contributed by atoms with E-state index in [1.807, 2.05) is 0 Å². The van der Waals surface area contributed by atoms with Crippen molar-refractivity contribution in [3.63, 3.8) is 0 Å². The lowest BCUT2D eigenvalue weighted by Crippen LogP contribution is -2.29. The van der Waals surface area contributed by atoms with Crippen LogP contribution >= 0.6 is 0 Å². The second-order valence-corrected chi connectivity index (χ2v) is 6.78. The summed E-state index contributed by atoms with van der Waals surface area (Å²) in [7, 11) is 0. The predicted octanol–water partition coefficient (Wildman–Crippen LogP) is 3.12. The number of nitrogens with zero attached hydrogens (tertiary/aromatic N) is 1. The summed E-state index contributed by atoms with van der Waals surface area (Å²) >= 11 is 0. The molecule has 0 saturated carbocycles. The molecule has 0 saturated heterocycles. The van der Waals surface area contributed by atoms with E-state index in [1.54, 1.807) is 34.6 Å². The monoisotopic (exact) mass is 325 g/mol. The first-order valence-corrected chi connectivity index (χ1v) is 7.12. The molecule has 0 aliphatic rings.